The molecule has 4 aromatic rings. The van der Waals surface area contributed by atoms with E-state index in [9.17, 15) is 18.5 Å². The maximum absolute atomic E-state index is 14.0. The lowest BCUT2D eigenvalue weighted by Gasteiger charge is -2.43. The third-order valence-corrected chi connectivity index (χ3v) is 12.2. The summed E-state index contributed by atoms with van der Waals surface area (Å²) in [5, 5.41) is 11.3. The Morgan fingerprint density at radius 3 is 2.28 bits per heavy atom. The Morgan fingerprint density at radius 1 is 1.02 bits per heavy atom. The molecule has 0 radical (unpaired) electrons. The zero-order valence-corrected chi connectivity index (χ0v) is 27.8. The molecule has 6 rings (SSSR count). The van der Waals surface area contributed by atoms with Crippen LogP contribution in [0.5, 0.6) is 0 Å². The number of amides is 1. The van der Waals surface area contributed by atoms with Crippen LogP contribution in [0.15, 0.2) is 118 Å². The van der Waals surface area contributed by atoms with Gasteiger partial charge in [-0.25, -0.2) is 8.42 Å². The fraction of sp³-hybridized carbons (Fsp3) is 0.222. The number of piperazine rings is 1. The van der Waals surface area contributed by atoms with Gasteiger partial charge < -0.3 is 10.6 Å². The van der Waals surface area contributed by atoms with Crippen molar-refractivity contribution < 1.29 is 13.2 Å². The predicted octanol–water partition coefficient (Wildman–Crippen LogP) is 6.63. The Labute approximate surface area is 278 Å². The van der Waals surface area contributed by atoms with Crippen molar-refractivity contribution >= 4 is 54.5 Å². The number of sulfonamides is 1. The summed E-state index contributed by atoms with van der Waals surface area (Å²) in [6.45, 7) is 4.09. The number of thiophene rings is 1. The molecule has 0 bridgehead atoms. The number of carbonyl (C=O) groups excluding carboxylic acids is 1. The highest BCUT2D eigenvalue weighted by atomic mass is 35.5. The first-order chi connectivity index (χ1) is 22.1. The number of nitrogens with two attached hydrogens (primary N) is 1. The smallest absolute Gasteiger partial charge is 0.253 e. The van der Waals surface area contributed by atoms with Crippen LogP contribution in [-0.2, 0) is 14.8 Å². The largest absolute Gasteiger partial charge is 0.333 e. The second-order valence-corrected chi connectivity index (χ2v) is 15.5. The molecule has 1 amide bonds. The molecule has 1 fully saturated rings. The molecule has 7 nitrogen and oxygen atoms in total. The van der Waals surface area contributed by atoms with E-state index in [0.29, 0.717) is 10.6 Å². The van der Waals surface area contributed by atoms with Gasteiger partial charge in [0.2, 0.25) is 5.91 Å². The summed E-state index contributed by atoms with van der Waals surface area (Å²) in [5.41, 5.74) is 11.6. The Bertz CT molecular complexity index is 2000. The van der Waals surface area contributed by atoms with Crippen LogP contribution in [0.2, 0.25) is 5.02 Å². The first-order valence-corrected chi connectivity index (χ1v) is 17.6. The lowest BCUT2D eigenvalue weighted by Crippen LogP contribution is -2.59. The van der Waals surface area contributed by atoms with Crippen LogP contribution >= 0.6 is 22.9 Å². The quantitative estimate of drug-likeness (QED) is 0.238. The second-order valence-electron chi connectivity index (χ2n) is 11.8. The van der Waals surface area contributed by atoms with Crippen molar-refractivity contribution in [3.8, 4) is 6.07 Å². The van der Waals surface area contributed by atoms with E-state index in [1.807, 2.05) is 80.6 Å². The molecule has 1 saturated heterocycles. The summed E-state index contributed by atoms with van der Waals surface area (Å²) in [7, 11) is -3.94. The van der Waals surface area contributed by atoms with Crippen LogP contribution in [-0.4, -0.2) is 55.2 Å². The molecule has 1 aliphatic carbocycles. The van der Waals surface area contributed by atoms with E-state index in [1.54, 1.807) is 35.2 Å². The Hall–Kier alpha value is -4.04. The lowest BCUT2D eigenvalue weighted by molar-refractivity contribution is -0.138. The lowest BCUT2D eigenvalue weighted by atomic mass is 9.80. The normalized spacial score (nSPS) is 19.3. The molecule has 234 valence electrons. The Morgan fingerprint density at radius 2 is 1.67 bits per heavy atom. The van der Waals surface area contributed by atoms with Crippen LogP contribution in [0.25, 0.3) is 15.7 Å². The zero-order chi connectivity index (χ0) is 32.6. The summed E-state index contributed by atoms with van der Waals surface area (Å²) in [6, 6.07) is 27.8. The van der Waals surface area contributed by atoms with E-state index in [1.165, 1.54) is 4.31 Å². The number of nitriles is 1. The molecular formula is C36H33ClN4O3S2. The molecule has 3 aromatic carbocycles. The zero-order valence-electron chi connectivity index (χ0n) is 25.4. The average Bonchev–Trinajstić information content (AvgIpc) is 3.48. The number of halogens is 1. The number of carbonyl (C=O) groups is 1. The van der Waals surface area contributed by atoms with Crippen molar-refractivity contribution in [1.82, 2.24) is 9.21 Å². The van der Waals surface area contributed by atoms with Gasteiger partial charge in [0.15, 0.2) is 0 Å². The third kappa shape index (κ3) is 6.07. The van der Waals surface area contributed by atoms with Crippen LogP contribution in [0, 0.1) is 17.2 Å². The standard InChI is InChI=1S/C36H33ClN4O3S2/c1-23(2)30-21-40(46(43,44)33-17-26-15-16-29(37)18-31(26)45-33)22-32(42)41(30)20-28-14-13-27(19-38)36(39)35(28)34(24-9-5-3-6-10-24)25-11-7-4-8-12-25/h3-18,23,30,36H,20-22,39H2,1-2H3. The summed E-state index contributed by atoms with van der Waals surface area (Å²) in [6.07, 6.45) is 3.60. The molecule has 10 heteroatoms. The minimum absolute atomic E-state index is 0.0404. The summed E-state index contributed by atoms with van der Waals surface area (Å²) in [5.74, 6) is -0.330. The van der Waals surface area contributed by atoms with E-state index in [0.717, 1.165) is 49.3 Å². The van der Waals surface area contributed by atoms with Gasteiger partial charge in [-0.3, -0.25) is 4.79 Å². The summed E-state index contributed by atoms with van der Waals surface area (Å²) < 4.78 is 30.0. The summed E-state index contributed by atoms with van der Waals surface area (Å²) in [4.78, 5) is 15.7. The molecule has 2 unspecified atom stereocenters. The number of nitrogens with zero attached hydrogens (tertiary/aromatic N) is 3. The number of rotatable bonds is 7. The number of benzene rings is 3. The van der Waals surface area contributed by atoms with Crippen molar-refractivity contribution in [2.24, 2.45) is 11.7 Å². The molecule has 2 atom stereocenters. The number of fused-ring (bicyclic) bond motifs is 1. The number of hydrogen-bond donors (Lipinski definition) is 1. The molecule has 2 heterocycles. The maximum atomic E-state index is 14.0. The molecule has 2 N–H and O–H groups in total. The molecular weight excluding hydrogens is 636 g/mol. The van der Waals surface area contributed by atoms with E-state index in [2.05, 4.69) is 6.07 Å². The van der Waals surface area contributed by atoms with Crippen molar-refractivity contribution in [1.29, 1.82) is 5.26 Å². The van der Waals surface area contributed by atoms with Crippen LogP contribution in [0.1, 0.15) is 25.0 Å². The van der Waals surface area contributed by atoms with Gasteiger partial charge in [-0.15, -0.1) is 11.3 Å². The Balaban J connectivity index is 1.39. The molecule has 2 aliphatic rings. The third-order valence-electron chi connectivity index (χ3n) is 8.57. The Kier molecular flexibility index (Phi) is 9.01. The van der Waals surface area contributed by atoms with Crippen molar-refractivity contribution in [2.45, 2.75) is 30.1 Å². The molecule has 1 aliphatic heterocycles. The highest BCUT2D eigenvalue weighted by molar-refractivity contribution is 7.91. The topological polar surface area (TPSA) is 108 Å². The first kappa shape index (κ1) is 31.9. The highest BCUT2D eigenvalue weighted by Gasteiger charge is 2.41. The first-order valence-electron chi connectivity index (χ1n) is 15.0. The predicted molar refractivity (Wildman–Crippen MR) is 185 cm³/mol. The average molecular weight is 669 g/mol. The van der Waals surface area contributed by atoms with Gasteiger partial charge in [0, 0.05) is 28.9 Å². The SMILES string of the molecule is CC(C)C1CN(S(=O)(=O)c2cc3ccc(Cl)cc3s2)CC(=O)N1CC1=CC=C(C#N)C(N)C1=C(c1ccccc1)c1ccccc1. The van der Waals surface area contributed by atoms with Crippen molar-refractivity contribution in [2.75, 3.05) is 19.6 Å². The molecule has 0 spiro atoms. The van der Waals surface area contributed by atoms with E-state index in [4.69, 9.17) is 17.3 Å². The van der Waals surface area contributed by atoms with E-state index < -0.39 is 22.1 Å². The van der Waals surface area contributed by atoms with Gasteiger partial charge in [-0.05, 0) is 63.4 Å². The van der Waals surface area contributed by atoms with Gasteiger partial charge in [0.05, 0.1) is 24.2 Å². The minimum Gasteiger partial charge on any atom is -0.333 e. The monoisotopic (exact) mass is 668 g/mol. The maximum Gasteiger partial charge on any atom is 0.253 e. The molecule has 1 aromatic heterocycles. The van der Waals surface area contributed by atoms with Crippen molar-refractivity contribution in [3.05, 3.63) is 130 Å². The number of allylic oxidation sites excluding steroid dienone is 2. The van der Waals surface area contributed by atoms with Gasteiger partial charge in [-0.1, -0.05) is 98.3 Å². The fourth-order valence-corrected chi connectivity index (χ4v) is 9.40. The van der Waals surface area contributed by atoms with Crippen LogP contribution in [0.4, 0.5) is 0 Å². The van der Waals surface area contributed by atoms with Crippen LogP contribution in [0.3, 0.4) is 0 Å². The highest BCUT2D eigenvalue weighted by Crippen LogP contribution is 2.38. The number of hydrogen-bond acceptors (Lipinski definition) is 6. The van der Waals surface area contributed by atoms with Gasteiger partial charge >= 0.3 is 0 Å². The fourth-order valence-electron chi connectivity index (χ4n) is 6.16. The molecule has 0 saturated carbocycles. The van der Waals surface area contributed by atoms with Crippen molar-refractivity contribution in [3.63, 3.8) is 0 Å². The van der Waals surface area contributed by atoms with E-state index >= 15 is 0 Å². The van der Waals surface area contributed by atoms with Crippen LogP contribution < -0.4 is 5.73 Å². The minimum atomic E-state index is -3.94. The summed E-state index contributed by atoms with van der Waals surface area (Å²) >= 11 is 7.30. The van der Waals surface area contributed by atoms with Gasteiger partial charge in [0.1, 0.15) is 4.21 Å². The van der Waals surface area contributed by atoms with E-state index in [-0.39, 0.29) is 35.7 Å². The molecule has 46 heavy (non-hydrogen) atoms. The second kappa shape index (κ2) is 13.0. The van der Waals surface area contributed by atoms with Gasteiger partial charge in [-0.2, -0.15) is 9.57 Å². The van der Waals surface area contributed by atoms with Gasteiger partial charge in [0.25, 0.3) is 10.0 Å².